The summed E-state index contributed by atoms with van der Waals surface area (Å²) < 4.78 is 7.78. The van der Waals surface area contributed by atoms with Gasteiger partial charge in [0.2, 0.25) is 5.96 Å². The molecule has 11 heteroatoms. The third-order valence-corrected chi connectivity index (χ3v) is 9.31. The number of guanidine groups is 1. The average Bonchev–Trinajstić information content (AvgIpc) is 3.84. The van der Waals surface area contributed by atoms with E-state index in [0.717, 1.165) is 33.3 Å². The number of hydrogen-bond acceptors (Lipinski definition) is 5. The van der Waals surface area contributed by atoms with Crippen LogP contribution in [0.5, 0.6) is 0 Å². The number of hydrogen-bond donors (Lipinski definition) is 2. The molecule has 3 N–H and O–H groups in total. The number of H-pyrrole nitrogens is 1. The van der Waals surface area contributed by atoms with Gasteiger partial charge >= 0.3 is 6.09 Å². The lowest BCUT2D eigenvalue weighted by Crippen LogP contribution is -2.45. The van der Waals surface area contributed by atoms with E-state index < -0.39 is 23.1 Å². The minimum atomic E-state index is -0.806. The molecule has 0 unspecified atom stereocenters. The monoisotopic (exact) mass is 737 g/mol. The van der Waals surface area contributed by atoms with Crippen LogP contribution in [-0.4, -0.2) is 73.9 Å². The van der Waals surface area contributed by atoms with Crippen molar-refractivity contribution < 1.29 is 19.1 Å². The summed E-state index contributed by atoms with van der Waals surface area (Å²) in [6, 6.07) is 40.4. The molecular formula is C44H47N7O4. The maximum atomic E-state index is 13.4. The zero-order chi connectivity index (χ0) is 39.0. The topological polar surface area (TPSA) is 139 Å². The van der Waals surface area contributed by atoms with E-state index in [2.05, 4.69) is 50.9 Å². The van der Waals surface area contributed by atoms with Gasteiger partial charge in [-0.15, -0.1) is 0 Å². The highest BCUT2D eigenvalue weighted by atomic mass is 16.6. The van der Waals surface area contributed by atoms with Crippen LogP contribution in [0, 0.1) is 0 Å². The zero-order valence-corrected chi connectivity index (χ0v) is 31.7. The second-order valence-electron chi connectivity index (χ2n) is 14.4. The highest BCUT2D eigenvalue weighted by Crippen LogP contribution is 2.40. The molecule has 0 aliphatic carbocycles. The molecule has 0 atom stereocenters. The number of carbonyl (C=O) groups is 3. The molecule has 0 fully saturated rings. The van der Waals surface area contributed by atoms with Crippen molar-refractivity contribution in [2.45, 2.75) is 51.2 Å². The van der Waals surface area contributed by atoms with Gasteiger partial charge in [-0.3, -0.25) is 9.59 Å². The zero-order valence-electron chi connectivity index (χ0n) is 31.7. The Morgan fingerprint density at radius 1 is 0.818 bits per heavy atom. The van der Waals surface area contributed by atoms with Gasteiger partial charge in [0.15, 0.2) is 0 Å². The van der Waals surface area contributed by atoms with E-state index in [0.29, 0.717) is 18.5 Å². The Balaban J connectivity index is 1.17. The Morgan fingerprint density at radius 3 is 1.95 bits per heavy atom. The first-order valence-electron chi connectivity index (χ1n) is 18.4. The third-order valence-electron chi connectivity index (χ3n) is 9.31. The first kappa shape index (κ1) is 38.2. The van der Waals surface area contributed by atoms with Crippen LogP contribution in [0.3, 0.4) is 0 Å². The number of aromatic amines is 1. The molecule has 0 saturated carbocycles. The summed E-state index contributed by atoms with van der Waals surface area (Å²) >= 11 is 0. The fourth-order valence-corrected chi connectivity index (χ4v) is 6.70. The van der Waals surface area contributed by atoms with Crippen molar-refractivity contribution in [3.05, 3.63) is 162 Å². The number of nitrogens with zero attached hydrogens (tertiary/aromatic N) is 5. The van der Waals surface area contributed by atoms with Gasteiger partial charge in [0.25, 0.3) is 11.8 Å². The van der Waals surface area contributed by atoms with Crippen molar-refractivity contribution in [2.75, 3.05) is 20.1 Å². The number of aryl methyl sites for hydroxylation is 1. The number of aliphatic imine (C=N–C) groups is 1. The van der Waals surface area contributed by atoms with Crippen molar-refractivity contribution >= 4 is 34.8 Å². The van der Waals surface area contributed by atoms with Gasteiger partial charge in [-0.05, 0) is 62.4 Å². The van der Waals surface area contributed by atoms with E-state index in [4.69, 9.17) is 15.5 Å². The summed E-state index contributed by atoms with van der Waals surface area (Å²) in [5, 5.41) is 0.919. The lowest BCUT2D eigenvalue weighted by molar-refractivity contribution is -0.118. The molecule has 3 amide bonds. The molecular weight excluding hydrogens is 691 g/mol. The number of rotatable bonds is 12. The highest BCUT2D eigenvalue weighted by molar-refractivity contribution is 6.00. The maximum Gasteiger partial charge on any atom is 0.417 e. The second kappa shape index (κ2) is 16.7. The van der Waals surface area contributed by atoms with Crippen LogP contribution in [-0.2, 0) is 21.5 Å². The fraction of sp³-hybridized carbons (Fsp3) is 0.250. The number of benzene rings is 4. The normalized spacial score (nSPS) is 12.0. The quantitative estimate of drug-likeness (QED) is 0.0764. The maximum absolute atomic E-state index is 13.4. The van der Waals surface area contributed by atoms with Crippen LogP contribution in [0.25, 0.3) is 10.9 Å². The van der Waals surface area contributed by atoms with Gasteiger partial charge in [-0.1, -0.05) is 109 Å². The van der Waals surface area contributed by atoms with Crippen molar-refractivity contribution in [3.63, 3.8) is 0 Å². The molecule has 0 radical (unpaired) electrons. The van der Waals surface area contributed by atoms with Crippen molar-refractivity contribution in [1.82, 2.24) is 24.3 Å². The Kier molecular flexibility index (Phi) is 11.6. The molecule has 6 aromatic rings. The van der Waals surface area contributed by atoms with E-state index in [1.807, 2.05) is 91.4 Å². The molecule has 55 heavy (non-hydrogen) atoms. The highest BCUT2D eigenvalue weighted by Gasteiger charge is 2.38. The van der Waals surface area contributed by atoms with Gasteiger partial charge in [-0.2, -0.15) is 4.99 Å². The van der Waals surface area contributed by atoms with E-state index in [-0.39, 0.29) is 31.4 Å². The summed E-state index contributed by atoms with van der Waals surface area (Å²) in [6.45, 7) is 5.51. The SMILES string of the molecule is CN(CCC(=O)N=C(N)N(CCCc1cn(C(c2ccccc2)(c2ccccc2)c2ccccc2)cn1)C(=O)OC(C)(C)C)C(=O)c1cc2ccccc2[nH]1. The van der Waals surface area contributed by atoms with Gasteiger partial charge in [-0.25, -0.2) is 14.7 Å². The molecule has 0 aliphatic rings. The van der Waals surface area contributed by atoms with Crippen LogP contribution in [0.4, 0.5) is 4.79 Å². The van der Waals surface area contributed by atoms with Crippen LogP contribution in [0.2, 0.25) is 0 Å². The lowest BCUT2D eigenvalue weighted by Gasteiger charge is -2.37. The smallest absolute Gasteiger partial charge is 0.417 e. The van der Waals surface area contributed by atoms with Crippen LogP contribution in [0.15, 0.2) is 139 Å². The number of fused-ring (bicyclic) bond motifs is 1. The Hall–Kier alpha value is -6.49. The molecule has 2 aromatic heterocycles. The van der Waals surface area contributed by atoms with E-state index in [1.165, 1.54) is 9.80 Å². The molecule has 282 valence electrons. The molecule has 2 heterocycles. The molecule has 6 rings (SSSR count). The molecule has 0 bridgehead atoms. The van der Waals surface area contributed by atoms with Crippen LogP contribution >= 0.6 is 0 Å². The minimum absolute atomic E-state index is 0.0885. The Labute approximate surface area is 321 Å². The summed E-state index contributed by atoms with van der Waals surface area (Å²) in [5.41, 5.74) is 10.1. The van der Waals surface area contributed by atoms with Gasteiger partial charge in [0.1, 0.15) is 16.8 Å². The first-order valence-corrected chi connectivity index (χ1v) is 18.4. The Morgan fingerprint density at radius 2 is 1.38 bits per heavy atom. The Bertz CT molecular complexity index is 2130. The number of imidazole rings is 1. The van der Waals surface area contributed by atoms with Crippen molar-refractivity contribution in [3.8, 4) is 0 Å². The van der Waals surface area contributed by atoms with E-state index in [9.17, 15) is 14.4 Å². The molecule has 0 spiro atoms. The predicted octanol–water partition coefficient (Wildman–Crippen LogP) is 7.38. The lowest BCUT2D eigenvalue weighted by atomic mass is 9.77. The molecule has 0 aliphatic heterocycles. The van der Waals surface area contributed by atoms with Gasteiger partial charge in [0, 0.05) is 43.7 Å². The number of para-hydroxylation sites is 1. The fourth-order valence-electron chi connectivity index (χ4n) is 6.70. The predicted molar refractivity (Wildman–Crippen MR) is 215 cm³/mol. The number of ether oxygens (including phenoxy) is 1. The third kappa shape index (κ3) is 8.84. The van der Waals surface area contributed by atoms with Crippen molar-refractivity contribution in [2.24, 2.45) is 10.7 Å². The van der Waals surface area contributed by atoms with E-state index in [1.54, 1.807) is 33.9 Å². The largest absolute Gasteiger partial charge is 0.443 e. The molecule has 4 aromatic carbocycles. The van der Waals surface area contributed by atoms with Gasteiger partial charge < -0.3 is 24.9 Å². The molecule has 11 nitrogen and oxygen atoms in total. The standard InChI is InChI=1S/C44H47N7O4/c1-43(2,3)55-42(54)51(41(45)48-39(52)26-28-49(4)40(53)38-29-32-17-14-15-25-37(32)47-38)27-16-24-36-30-50(31-46-36)44(33-18-8-5-9-19-33,34-20-10-6-11-21-34)35-22-12-7-13-23-35/h5-15,17-23,25,29-31,47H,16,24,26-28H2,1-4H3,(H2,45,48,52). The minimum Gasteiger partial charge on any atom is -0.443 e. The second-order valence-corrected chi connectivity index (χ2v) is 14.4. The summed E-state index contributed by atoms with van der Waals surface area (Å²) in [4.78, 5) is 54.0. The number of nitrogens with two attached hydrogens (primary N) is 1. The molecule has 0 saturated heterocycles. The van der Waals surface area contributed by atoms with Gasteiger partial charge in [0.05, 0.1) is 12.0 Å². The summed E-state index contributed by atoms with van der Waals surface area (Å²) in [7, 11) is 1.62. The summed E-state index contributed by atoms with van der Waals surface area (Å²) in [5.74, 6) is -1.10. The number of amides is 3. The van der Waals surface area contributed by atoms with Crippen molar-refractivity contribution in [1.29, 1.82) is 0 Å². The summed E-state index contributed by atoms with van der Waals surface area (Å²) in [6.07, 6.45) is 4.05. The van der Waals surface area contributed by atoms with Crippen LogP contribution in [0.1, 0.15) is 66.5 Å². The average molecular weight is 738 g/mol. The van der Waals surface area contributed by atoms with Crippen LogP contribution < -0.4 is 5.73 Å². The first-order chi connectivity index (χ1) is 26.5. The van der Waals surface area contributed by atoms with E-state index >= 15 is 0 Å². The number of nitrogens with one attached hydrogen (secondary N) is 1. The number of carbonyl (C=O) groups excluding carboxylic acids is 3. The number of aromatic nitrogens is 3.